The van der Waals surface area contributed by atoms with E-state index in [9.17, 15) is 19.8 Å². The Morgan fingerprint density at radius 1 is 0.941 bits per heavy atom. The SMILES string of the molecule is Cc1cccc(C2/C(=C(\O)c3ccc(OC(C)C)cc3)C(=O)C(=O)N2c2cc(C)ccc2O)c1. The van der Waals surface area contributed by atoms with Gasteiger partial charge in [0.25, 0.3) is 11.7 Å². The molecule has 3 aromatic carbocycles. The van der Waals surface area contributed by atoms with Crippen LogP contribution in [-0.2, 0) is 9.59 Å². The molecular weight excluding hydrogens is 430 g/mol. The van der Waals surface area contributed by atoms with Crippen LogP contribution in [0.5, 0.6) is 11.5 Å². The average Bonchev–Trinajstić information content (AvgIpc) is 3.05. The summed E-state index contributed by atoms with van der Waals surface area (Å²) in [5.41, 5.74) is 2.98. The second-order valence-corrected chi connectivity index (χ2v) is 8.77. The first-order chi connectivity index (χ1) is 16.2. The van der Waals surface area contributed by atoms with Crippen LogP contribution in [-0.4, -0.2) is 28.0 Å². The van der Waals surface area contributed by atoms with Crippen molar-refractivity contribution in [2.45, 2.75) is 39.8 Å². The van der Waals surface area contributed by atoms with Crippen molar-refractivity contribution in [1.29, 1.82) is 0 Å². The molecule has 0 aliphatic carbocycles. The Hall–Kier alpha value is -4.06. The van der Waals surface area contributed by atoms with Gasteiger partial charge in [0.2, 0.25) is 0 Å². The molecule has 2 N–H and O–H groups in total. The summed E-state index contributed by atoms with van der Waals surface area (Å²) in [6.45, 7) is 7.57. The molecule has 1 saturated heterocycles. The van der Waals surface area contributed by atoms with Gasteiger partial charge in [-0.1, -0.05) is 35.9 Å². The Morgan fingerprint density at radius 2 is 1.62 bits per heavy atom. The second-order valence-electron chi connectivity index (χ2n) is 8.77. The van der Waals surface area contributed by atoms with E-state index in [0.29, 0.717) is 16.9 Å². The third-order valence-electron chi connectivity index (χ3n) is 5.69. The number of aliphatic hydroxyl groups excluding tert-OH is 1. The molecule has 0 aromatic heterocycles. The molecular formula is C28H27NO5. The Bertz CT molecular complexity index is 1290. The largest absolute Gasteiger partial charge is 0.507 e. The van der Waals surface area contributed by atoms with Gasteiger partial charge in [0.15, 0.2) is 0 Å². The Morgan fingerprint density at radius 3 is 2.26 bits per heavy atom. The fourth-order valence-corrected chi connectivity index (χ4v) is 4.18. The van der Waals surface area contributed by atoms with Crippen molar-refractivity contribution in [3.05, 3.63) is 94.6 Å². The summed E-state index contributed by atoms with van der Waals surface area (Å²) in [4.78, 5) is 27.8. The van der Waals surface area contributed by atoms with Gasteiger partial charge >= 0.3 is 0 Å². The van der Waals surface area contributed by atoms with Crippen LogP contribution in [0.1, 0.15) is 42.1 Å². The molecule has 1 atom stereocenters. The summed E-state index contributed by atoms with van der Waals surface area (Å²) < 4.78 is 5.66. The van der Waals surface area contributed by atoms with E-state index in [1.54, 1.807) is 42.5 Å². The number of carbonyl (C=O) groups excluding carboxylic acids is 2. The van der Waals surface area contributed by atoms with Crippen molar-refractivity contribution < 1.29 is 24.5 Å². The highest BCUT2D eigenvalue weighted by Crippen LogP contribution is 2.45. The molecule has 3 aromatic rings. The number of hydrogen-bond acceptors (Lipinski definition) is 5. The number of aromatic hydroxyl groups is 1. The number of phenolic OH excluding ortho intramolecular Hbond substituents is 1. The van der Waals surface area contributed by atoms with Gasteiger partial charge in [-0.2, -0.15) is 0 Å². The number of benzene rings is 3. The van der Waals surface area contributed by atoms with Crippen LogP contribution in [0.15, 0.2) is 72.3 Å². The summed E-state index contributed by atoms with van der Waals surface area (Å²) in [5, 5.41) is 21.8. The second kappa shape index (κ2) is 9.06. The van der Waals surface area contributed by atoms with Gasteiger partial charge in [0, 0.05) is 5.56 Å². The molecule has 174 valence electrons. The van der Waals surface area contributed by atoms with E-state index < -0.39 is 17.7 Å². The van der Waals surface area contributed by atoms with E-state index in [0.717, 1.165) is 11.1 Å². The highest BCUT2D eigenvalue weighted by molar-refractivity contribution is 6.51. The minimum Gasteiger partial charge on any atom is -0.507 e. The minimum atomic E-state index is -0.904. The molecule has 1 amide bonds. The fourth-order valence-electron chi connectivity index (χ4n) is 4.18. The van der Waals surface area contributed by atoms with E-state index in [4.69, 9.17) is 4.74 Å². The van der Waals surface area contributed by atoms with Crippen LogP contribution in [0.2, 0.25) is 0 Å². The monoisotopic (exact) mass is 457 g/mol. The normalized spacial score (nSPS) is 17.4. The zero-order valence-corrected chi connectivity index (χ0v) is 19.6. The summed E-state index contributed by atoms with van der Waals surface area (Å²) in [7, 11) is 0. The van der Waals surface area contributed by atoms with Gasteiger partial charge < -0.3 is 14.9 Å². The van der Waals surface area contributed by atoms with Crippen molar-refractivity contribution >= 4 is 23.1 Å². The first-order valence-electron chi connectivity index (χ1n) is 11.1. The molecule has 0 saturated carbocycles. The van der Waals surface area contributed by atoms with E-state index in [1.807, 2.05) is 45.9 Å². The molecule has 34 heavy (non-hydrogen) atoms. The van der Waals surface area contributed by atoms with Crippen molar-refractivity contribution in [3.8, 4) is 11.5 Å². The Labute approximate surface area is 198 Å². The van der Waals surface area contributed by atoms with Crippen LogP contribution in [0.25, 0.3) is 5.76 Å². The van der Waals surface area contributed by atoms with E-state index in [1.165, 1.54) is 11.0 Å². The summed E-state index contributed by atoms with van der Waals surface area (Å²) in [6.07, 6.45) is -0.00639. The van der Waals surface area contributed by atoms with Crippen LogP contribution in [0.3, 0.4) is 0 Å². The molecule has 6 heteroatoms. The Kier molecular flexibility index (Phi) is 6.16. The Balaban J connectivity index is 1.91. The van der Waals surface area contributed by atoms with Crippen molar-refractivity contribution in [3.63, 3.8) is 0 Å². The summed E-state index contributed by atoms with van der Waals surface area (Å²) in [6, 6.07) is 18.1. The van der Waals surface area contributed by atoms with Crippen LogP contribution >= 0.6 is 0 Å². The predicted octanol–water partition coefficient (Wildman–Crippen LogP) is 5.42. The van der Waals surface area contributed by atoms with Crippen LogP contribution in [0, 0.1) is 13.8 Å². The number of rotatable bonds is 5. The van der Waals surface area contributed by atoms with Gasteiger partial charge in [-0.15, -0.1) is 0 Å². The third-order valence-corrected chi connectivity index (χ3v) is 5.69. The molecule has 0 radical (unpaired) electrons. The maximum atomic E-state index is 13.3. The predicted molar refractivity (Wildman–Crippen MR) is 131 cm³/mol. The van der Waals surface area contributed by atoms with E-state index >= 15 is 0 Å². The molecule has 0 spiro atoms. The van der Waals surface area contributed by atoms with Gasteiger partial charge in [0.1, 0.15) is 17.3 Å². The van der Waals surface area contributed by atoms with Gasteiger partial charge in [0.05, 0.1) is 23.4 Å². The molecule has 1 unspecified atom stereocenters. The van der Waals surface area contributed by atoms with Crippen molar-refractivity contribution in [1.82, 2.24) is 0 Å². The number of aliphatic hydroxyl groups is 1. The maximum Gasteiger partial charge on any atom is 0.300 e. The number of ether oxygens (including phenoxy) is 1. The van der Waals surface area contributed by atoms with E-state index in [2.05, 4.69) is 0 Å². The third kappa shape index (κ3) is 4.27. The molecule has 1 aliphatic rings. The standard InChI is InChI=1S/C28H27NO5/c1-16(2)34-21-11-9-19(10-12-21)26(31)24-25(20-7-5-6-17(3)14-20)29(28(33)27(24)32)22-15-18(4)8-13-23(22)30/h5-16,25,30-31H,1-4H3/b26-24+. The molecule has 1 fully saturated rings. The number of anilines is 1. The smallest absolute Gasteiger partial charge is 0.300 e. The lowest BCUT2D eigenvalue weighted by Gasteiger charge is -2.26. The average molecular weight is 458 g/mol. The summed E-state index contributed by atoms with van der Waals surface area (Å²) >= 11 is 0. The minimum absolute atomic E-state index is 0.00639. The molecule has 1 aliphatic heterocycles. The topological polar surface area (TPSA) is 87.1 Å². The molecule has 1 heterocycles. The number of Topliss-reactive ketones (excluding diaryl/α,β-unsaturated/α-hetero) is 1. The zero-order valence-electron chi connectivity index (χ0n) is 19.6. The lowest BCUT2D eigenvalue weighted by molar-refractivity contribution is -0.132. The van der Waals surface area contributed by atoms with Crippen LogP contribution < -0.4 is 9.64 Å². The lowest BCUT2D eigenvalue weighted by atomic mass is 9.94. The van der Waals surface area contributed by atoms with Gasteiger partial charge in [-0.3, -0.25) is 14.5 Å². The quantitative estimate of drug-likeness (QED) is 0.303. The van der Waals surface area contributed by atoms with E-state index in [-0.39, 0.29) is 28.9 Å². The molecule has 4 rings (SSSR count). The number of carbonyl (C=O) groups is 2. The lowest BCUT2D eigenvalue weighted by Crippen LogP contribution is -2.29. The van der Waals surface area contributed by atoms with Gasteiger partial charge in [-0.25, -0.2) is 0 Å². The van der Waals surface area contributed by atoms with Crippen molar-refractivity contribution in [2.75, 3.05) is 4.90 Å². The number of ketones is 1. The number of hydrogen-bond donors (Lipinski definition) is 2. The highest BCUT2D eigenvalue weighted by Gasteiger charge is 2.47. The highest BCUT2D eigenvalue weighted by atomic mass is 16.5. The molecule has 0 bridgehead atoms. The first kappa shape index (κ1) is 23.1. The zero-order chi connectivity index (χ0) is 24.6. The van der Waals surface area contributed by atoms with Gasteiger partial charge in [-0.05, 0) is 75.2 Å². The number of nitrogens with zero attached hydrogens (tertiary/aromatic N) is 1. The summed E-state index contributed by atoms with van der Waals surface area (Å²) in [5.74, 6) is -1.40. The number of phenols is 1. The van der Waals surface area contributed by atoms with Crippen LogP contribution in [0.4, 0.5) is 5.69 Å². The molecule has 6 nitrogen and oxygen atoms in total. The number of aryl methyl sites for hydroxylation is 2. The van der Waals surface area contributed by atoms with Crippen molar-refractivity contribution in [2.24, 2.45) is 0 Å². The number of amides is 1. The first-order valence-corrected chi connectivity index (χ1v) is 11.1. The maximum absolute atomic E-state index is 13.3. The fraction of sp³-hybridized carbons (Fsp3) is 0.214.